The van der Waals surface area contributed by atoms with E-state index in [9.17, 15) is 0 Å². The smallest absolute Gasteiger partial charge is 0.135 e. The van der Waals surface area contributed by atoms with E-state index in [1.807, 2.05) is 0 Å². The maximum absolute atomic E-state index is 5.47. The van der Waals surface area contributed by atoms with Gasteiger partial charge in [-0.2, -0.15) is 0 Å². The quantitative estimate of drug-likeness (QED) is 0.752. The fourth-order valence-electron chi connectivity index (χ4n) is 2.25. The summed E-state index contributed by atoms with van der Waals surface area (Å²) in [6.45, 7) is 3.51. The number of hydrogen-bond acceptors (Lipinski definition) is 5. The highest BCUT2D eigenvalue weighted by Gasteiger charge is 2.20. The molecule has 5 heteroatoms. The summed E-state index contributed by atoms with van der Waals surface area (Å²) < 4.78 is 5.47. The van der Waals surface area contributed by atoms with Gasteiger partial charge in [-0.05, 0) is 13.0 Å². The van der Waals surface area contributed by atoms with Gasteiger partial charge < -0.3 is 15.4 Å². The fourth-order valence-corrected chi connectivity index (χ4v) is 2.25. The van der Waals surface area contributed by atoms with Gasteiger partial charge in [-0.1, -0.05) is 0 Å². The van der Waals surface area contributed by atoms with E-state index in [0.717, 1.165) is 49.6 Å². The maximum Gasteiger partial charge on any atom is 0.135 e. The van der Waals surface area contributed by atoms with Crippen LogP contribution in [-0.2, 0) is 17.8 Å². The van der Waals surface area contributed by atoms with Crippen LogP contribution < -0.4 is 10.6 Å². The van der Waals surface area contributed by atoms with Gasteiger partial charge >= 0.3 is 0 Å². The third-order valence-electron chi connectivity index (χ3n) is 3.17. The van der Waals surface area contributed by atoms with Crippen molar-refractivity contribution < 1.29 is 4.74 Å². The van der Waals surface area contributed by atoms with Crippen LogP contribution in [-0.4, -0.2) is 35.7 Å². The Morgan fingerprint density at radius 1 is 1.44 bits per heavy atom. The highest BCUT2D eigenvalue weighted by molar-refractivity contribution is 5.47. The molecule has 0 radical (unpaired) electrons. The summed E-state index contributed by atoms with van der Waals surface area (Å²) in [5.41, 5.74) is 2.27. The van der Waals surface area contributed by atoms with E-state index in [1.54, 1.807) is 6.33 Å². The second-order valence-corrected chi connectivity index (χ2v) is 4.28. The molecule has 0 saturated carbocycles. The maximum atomic E-state index is 5.47. The lowest BCUT2D eigenvalue weighted by Crippen LogP contribution is -2.25. The minimum atomic E-state index is 0.487. The Morgan fingerprint density at radius 2 is 2.44 bits per heavy atom. The lowest BCUT2D eigenvalue weighted by molar-refractivity contribution is 0.109. The van der Waals surface area contributed by atoms with Crippen molar-refractivity contribution in [2.75, 3.05) is 25.0 Å². The first-order valence-electron chi connectivity index (χ1n) is 5.81. The summed E-state index contributed by atoms with van der Waals surface area (Å²) in [5, 5.41) is 6.81. The molecule has 5 nitrogen and oxygen atoms in total. The lowest BCUT2D eigenvalue weighted by atomic mass is 10.1. The SMILES string of the molecule is c1nc2c(c(NC3CCNC3)n1)COCC2. The van der Waals surface area contributed by atoms with E-state index in [2.05, 4.69) is 20.6 Å². The van der Waals surface area contributed by atoms with Crippen LogP contribution in [0.25, 0.3) is 0 Å². The number of anilines is 1. The number of ether oxygens (including phenoxy) is 1. The van der Waals surface area contributed by atoms with Crippen LogP contribution in [0.3, 0.4) is 0 Å². The van der Waals surface area contributed by atoms with E-state index in [0.29, 0.717) is 12.6 Å². The highest BCUT2D eigenvalue weighted by atomic mass is 16.5. The van der Waals surface area contributed by atoms with Crippen LogP contribution in [0.1, 0.15) is 17.7 Å². The second-order valence-electron chi connectivity index (χ2n) is 4.28. The Morgan fingerprint density at radius 3 is 3.31 bits per heavy atom. The van der Waals surface area contributed by atoms with Crippen molar-refractivity contribution in [3.05, 3.63) is 17.6 Å². The Labute approximate surface area is 94.6 Å². The fraction of sp³-hybridized carbons (Fsp3) is 0.636. The van der Waals surface area contributed by atoms with Crippen molar-refractivity contribution in [3.8, 4) is 0 Å². The first kappa shape index (κ1) is 9.99. The number of aromatic nitrogens is 2. The number of nitrogens with one attached hydrogen (secondary N) is 2. The summed E-state index contributed by atoms with van der Waals surface area (Å²) in [5.74, 6) is 0.957. The zero-order chi connectivity index (χ0) is 10.8. The third kappa shape index (κ3) is 1.88. The van der Waals surface area contributed by atoms with E-state index in [-0.39, 0.29) is 0 Å². The predicted molar refractivity (Wildman–Crippen MR) is 60.3 cm³/mol. The summed E-state index contributed by atoms with van der Waals surface area (Å²) in [7, 11) is 0. The van der Waals surface area contributed by atoms with Gasteiger partial charge in [0.2, 0.25) is 0 Å². The normalized spacial score (nSPS) is 24.1. The zero-order valence-corrected chi connectivity index (χ0v) is 9.20. The molecule has 3 rings (SSSR count). The van der Waals surface area contributed by atoms with Crippen molar-refractivity contribution in [2.45, 2.75) is 25.5 Å². The first-order valence-corrected chi connectivity index (χ1v) is 5.81. The molecule has 0 amide bonds. The Hall–Kier alpha value is -1.20. The van der Waals surface area contributed by atoms with Crippen molar-refractivity contribution in [1.82, 2.24) is 15.3 Å². The van der Waals surface area contributed by atoms with Gasteiger partial charge in [-0.25, -0.2) is 9.97 Å². The Kier molecular flexibility index (Phi) is 2.71. The zero-order valence-electron chi connectivity index (χ0n) is 9.20. The van der Waals surface area contributed by atoms with Gasteiger partial charge in [0.1, 0.15) is 12.1 Å². The molecule has 0 aliphatic carbocycles. The third-order valence-corrected chi connectivity index (χ3v) is 3.17. The summed E-state index contributed by atoms with van der Waals surface area (Å²) >= 11 is 0. The molecule has 3 heterocycles. The summed E-state index contributed by atoms with van der Waals surface area (Å²) in [6.07, 6.45) is 3.70. The van der Waals surface area contributed by atoms with Crippen LogP contribution in [0.5, 0.6) is 0 Å². The van der Waals surface area contributed by atoms with Crippen LogP contribution in [0.4, 0.5) is 5.82 Å². The molecule has 2 aliphatic rings. The summed E-state index contributed by atoms with van der Waals surface area (Å²) in [6, 6.07) is 0.487. The molecule has 16 heavy (non-hydrogen) atoms. The first-order chi connectivity index (χ1) is 7.93. The van der Waals surface area contributed by atoms with Crippen molar-refractivity contribution in [3.63, 3.8) is 0 Å². The van der Waals surface area contributed by atoms with Gasteiger partial charge in [0, 0.05) is 24.6 Å². The van der Waals surface area contributed by atoms with E-state index in [4.69, 9.17) is 4.74 Å². The molecule has 1 unspecified atom stereocenters. The van der Waals surface area contributed by atoms with Gasteiger partial charge in [0.25, 0.3) is 0 Å². The minimum absolute atomic E-state index is 0.487. The van der Waals surface area contributed by atoms with Crippen LogP contribution in [0, 0.1) is 0 Å². The molecule has 2 N–H and O–H groups in total. The minimum Gasteiger partial charge on any atom is -0.376 e. The monoisotopic (exact) mass is 220 g/mol. The van der Waals surface area contributed by atoms with Crippen molar-refractivity contribution in [1.29, 1.82) is 0 Å². The Bertz CT molecular complexity index is 376. The van der Waals surface area contributed by atoms with Crippen LogP contribution in [0.15, 0.2) is 6.33 Å². The molecular weight excluding hydrogens is 204 g/mol. The molecule has 86 valence electrons. The van der Waals surface area contributed by atoms with Gasteiger partial charge in [0.15, 0.2) is 0 Å². The Balaban J connectivity index is 1.82. The molecule has 1 aromatic heterocycles. The molecule has 0 bridgehead atoms. The van der Waals surface area contributed by atoms with E-state index >= 15 is 0 Å². The van der Waals surface area contributed by atoms with Crippen molar-refractivity contribution in [2.24, 2.45) is 0 Å². The van der Waals surface area contributed by atoms with Gasteiger partial charge in [0.05, 0.1) is 18.9 Å². The second kappa shape index (κ2) is 4.35. The topological polar surface area (TPSA) is 59.1 Å². The van der Waals surface area contributed by atoms with Crippen LogP contribution in [0.2, 0.25) is 0 Å². The molecule has 2 aliphatic heterocycles. The standard InChI is InChI=1S/C11H16N4O/c1-3-12-5-8(1)15-11-9-6-16-4-2-10(9)13-7-14-11/h7-8,12H,1-6H2,(H,13,14,15). The molecule has 0 aromatic carbocycles. The number of hydrogen-bond donors (Lipinski definition) is 2. The lowest BCUT2D eigenvalue weighted by Gasteiger charge is -2.20. The van der Waals surface area contributed by atoms with E-state index < -0.39 is 0 Å². The predicted octanol–water partition coefficient (Wildman–Crippen LogP) is 0.323. The number of fused-ring (bicyclic) bond motifs is 1. The molecular formula is C11H16N4O. The molecule has 1 fully saturated rings. The average Bonchev–Trinajstić information content (AvgIpc) is 2.82. The largest absolute Gasteiger partial charge is 0.376 e. The number of rotatable bonds is 2. The molecule has 0 spiro atoms. The van der Waals surface area contributed by atoms with Gasteiger partial charge in [-0.15, -0.1) is 0 Å². The highest BCUT2D eigenvalue weighted by Crippen LogP contribution is 2.22. The van der Waals surface area contributed by atoms with Gasteiger partial charge in [-0.3, -0.25) is 0 Å². The summed E-state index contributed by atoms with van der Waals surface area (Å²) in [4.78, 5) is 8.63. The van der Waals surface area contributed by atoms with Crippen LogP contribution >= 0.6 is 0 Å². The van der Waals surface area contributed by atoms with Crippen molar-refractivity contribution >= 4 is 5.82 Å². The molecule has 1 aromatic rings. The number of nitrogens with zero attached hydrogens (tertiary/aromatic N) is 2. The molecule has 1 saturated heterocycles. The molecule has 1 atom stereocenters. The average molecular weight is 220 g/mol. The van der Waals surface area contributed by atoms with E-state index in [1.165, 1.54) is 0 Å².